The van der Waals surface area contributed by atoms with Gasteiger partial charge in [-0.05, 0) is 29.4 Å². The van der Waals surface area contributed by atoms with Crippen molar-refractivity contribution in [2.24, 2.45) is 0 Å². The van der Waals surface area contributed by atoms with Gasteiger partial charge in [0.15, 0.2) is 0 Å². The number of aromatic nitrogens is 2. The highest BCUT2D eigenvalue weighted by Gasteiger charge is 2.06. The molecule has 16 heavy (non-hydrogen) atoms. The van der Waals surface area contributed by atoms with Crippen molar-refractivity contribution < 1.29 is 4.52 Å². The third-order valence-corrected chi connectivity index (χ3v) is 2.07. The van der Waals surface area contributed by atoms with Crippen molar-refractivity contribution >= 4 is 24.0 Å². The Kier molecular flexibility index (Phi) is 3.73. The van der Waals surface area contributed by atoms with Crippen LogP contribution in [0.4, 0.5) is 11.6 Å². The lowest BCUT2D eigenvalue weighted by atomic mass is 10.2. The van der Waals surface area contributed by atoms with Crippen LogP contribution in [0.5, 0.6) is 0 Å². The number of halogens is 1. The second-order valence-corrected chi connectivity index (χ2v) is 3.40. The maximum absolute atomic E-state index is 5.37. The molecule has 2 rings (SSSR count). The van der Waals surface area contributed by atoms with Gasteiger partial charge in [0.1, 0.15) is 0 Å². The van der Waals surface area contributed by atoms with Gasteiger partial charge in [-0.25, -0.2) is 0 Å². The van der Waals surface area contributed by atoms with Crippen molar-refractivity contribution in [2.45, 2.75) is 0 Å². The molecule has 0 fully saturated rings. The number of nitrogen functional groups attached to an aromatic ring is 1. The summed E-state index contributed by atoms with van der Waals surface area (Å²) >= 11 is 0. The van der Waals surface area contributed by atoms with Crippen LogP contribution in [0.3, 0.4) is 0 Å². The highest BCUT2D eigenvalue weighted by molar-refractivity contribution is 5.85. The van der Waals surface area contributed by atoms with E-state index in [-0.39, 0.29) is 18.4 Å². The zero-order valence-electron chi connectivity index (χ0n) is 9.04. The van der Waals surface area contributed by atoms with E-state index in [1.54, 1.807) is 0 Å². The van der Waals surface area contributed by atoms with Gasteiger partial charge < -0.3 is 15.2 Å². The van der Waals surface area contributed by atoms with Crippen LogP contribution in [0.2, 0.25) is 0 Å². The number of benzene rings is 1. The molecule has 0 saturated carbocycles. The normalized spacial score (nSPS) is 9.62. The summed E-state index contributed by atoms with van der Waals surface area (Å²) in [5.41, 5.74) is 7.35. The number of hydrogen-bond acceptors (Lipinski definition) is 5. The fraction of sp³-hybridized carbons (Fsp3) is 0.200. The van der Waals surface area contributed by atoms with Gasteiger partial charge in [0.25, 0.3) is 11.8 Å². The first-order chi connectivity index (χ1) is 7.16. The third kappa shape index (κ3) is 2.43. The molecule has 2 aromatic rings. The molecule has 0 unspecified atom stereocenters. The van der Waals surface area contributed by atoms with E-state index in [4.69, 9.17) is 10.3 Å². The first-order valence-corrected chi connectivity index (χ1v) is 4.54. The Hall–Kier alpha value is -1.75. The Morgan fingerprint density at radius 2 is 1.81 bits per heavy atom. The topological polar surface area (TPSA) is 68.2 Å². The summed E-state index contributed by atoms with van der Waals surface area (Å²) in [6.45, 7) is 0. The van der Waals surface area contributed by atoms with Crippen molar-refractivity contribution in [1.29, 1.82) is 0 Å². The molecule has 0 aliphatic heterocycles. The van der Waals surface area contributed by atoms with E-state index in [0.29, 0.717) is 5.89 Å². The van der Waals surface area contributed by atoms with Gasteiger partial charge in [-0.3, -0.25) is 0 Å². The Morgan fingerprint density at radius 1 is 1.19 bits per heavy atom. The van der Waals surface area contributed by atoms with Gasteiger partial charge in [-0.1, -0.05) is 0 Å². The average Bonchev–Trinajstić information content (AvgIpc) is 2.65. The molecule has 0 aliphatic carbocycles. The zero-order valence-corrected chi connectivity index (χ0v) is 9.86. The van der Waals surface area contributed by atoms with Crippen molar-refractivity contribution in [3.8, 4) is 11.5 Å². The summed E-state index contributed by atoms with van der Waals surface area (Å²) in [5.74, 6) is 0.597. The number of anilines is 2. The van der Waals surface area contributed by atoms with Crippen molar-refractivity contribution in [3.63, 3.8) is 0 Å². The van der Waals surface area contributed by atoms with Crippen LogP contribution in [0, 0.1) is 0 Å². The highest BCUT2D eigenvalue weighted by Crippen LogP contribution is 2.20. The van der Waals surface area contributed by atoms with Gasteiger partial charge in [0, 0.05) is 25.3 Å². The van der Waals surface area contributed by atoms with E-state index in [1.165, 1.54) is 0 Å². The fourth-order valence-corrected chi connectivity index (χ4v) is 1.25. The lowest BCUT2D eigenvalue weighted by molar-refractivity contribution is 0.433. The summed E-state index contributed by atoms with van der Waals surface area (Å²) < 4.78 is 4.95. The van der Waals surface area contributed by atoms with E-state index in [9.17, 15) is 0 Å². The average molecular weight is 241 g/mol. The SMILES string of the molecule is CN(C)c1ccc(-c2nc(N)no2)cc1.Cl. The van der Waals surface area contributed by atoms with E-state index in [1.807, 2.05) is 43.3 Å². The summed E-state index contributed by atoms with van der Waals surface area (Å²) in [7, 11) is 3.97. The minimum Gasteiger partial charge on any atom is -0.378 e. The molecule has 1 aromatic carbocycles. The number of nitrogens with zero attached hydrogens (tertiary/aromatic N) is 3. The van der Waals surface area contributed by atoms with Gasteiger partial charge >= 0.3 is 0 Å². The van der Waals surface area contributed by atoms with Crippen LogP contribution in [-0.2, 0) is 0 Å². The Bertz CT molecular complexity index is 452. The van der Waals surface area contributed by atoms with E-state index >= 15 is 0 Å². The smallest absolute Gasteiger partial charge is 0.261 e. The van der Waals surface area contributed by atoms with Crippen LogP contribution in [0.25, 0.3) is 11.5 Å². The fourth-order valence-electron chi connectivity index (χ4n) is 1.25. The maximum atomic E-state index is 5.37. The molecule has 0 radical (unpaired) electrons. The summed E-state index contributed by atoms with van der Waals surface area (Å²) in [4.78, 5) is 5.96. The van der Waals surface area contributed by atoms with Crippen LogP contribution in [0.1, 0.15) is 0 Å². The minimum absolute atomic E-state index is 0. The molecule has 0 bridgehead atoms. The Labute approximate surface area is 99.7 Å². The predicted molar refractivity (Wildman–Crippen MR) is 65.7 cm³/mol. The lowest BCUT2D eigenvalue weighted by Gasteiger charge is -2.11. The molecular weight excluding hydrogens is 228 g/mol. The van der Waals surface area contributed by atoms with Gasteiger partial charge in [0.05, 0.1) is 0 Å². The van der Waals surface area contributed by atoms with Crippen LogP contribution in [-0.4, -0.2) is 24.2 Å². The molecule has 0 amide bonds. The van der Waals surface area contributed by atoms with Gasteiger partial charge in [-0.15, -0.1) is 12.4 Å². The molecule has 1 aromatic heterocycles. The van der Waals surface area contributed by atoms with Crippen molar-refractivity contribution in [1.82, 2.24) is 10.1 Å². The first-order valence-electron chi connectivity index (χ1n) is 4.54. The van der Waals surface area contributed by atoms with E-state index in [0.717, 1.165) is 11.3 Å². The van der Waals surface area contributed by atoms with Gasteiger partial charge in [-0.2, -0.15) is 4.98 Å². The predicted octanol–water partition coefficient (Wildman–Crippen LogP) is 1.81. The van der Waals surface area contributed by atoms with E-state index in [2.05, 4.69) is 10.1 Å². The lowest BCUT2D eigenvalue weighted by Crippen LogP contribution is -2.07. The molecule has 0 atom stereocenters. The molecule has 6 heteroatoms. The quantitative estimate of drug-likeness (QED) is 0.867. The number of nitrogens with two attached hydrogens (primary N) is 1. The molecule has 0 spiro atoms. The van der Waals surface area contributed by atoms with Crippen molar-refractivity contribution in [2.75, 3.05) is 24.7 Å². The first kappa shape index (κ1) is 12.3. The van der Waals surface area contributed by atoms with Crippen LogP contribution in [0.15, 0.2) is 28.8 Å². The Balaban J connectivity index is 0.00000128. The highest BCUT2D eigenvalue weighted by atomic mass is 35.5. The second kappa shape index (κ2) is 4.85. The summed E-state index contributed by atoms with van der Waals surface area (Å²) in [5, 5.41) is 3.53. The van der Waals surface area contributed by atoms with Gasteiger partial charge in [0.2, 0.25) is 0 Å². The standard InChI is InChI=1S/C10H12N4O.ClH/c1-14(2)8-5-3-7(4-6-8)9-12-10(11)13-15-9;/h3-6H,1-2H3,(H2,11,13);1H. The molecule has 0 aliphatic rings. The molecule has 2 N–H and O–H groups in total. The zero-order chi connectivity index (χ0) is 10.8. The van der Waals surface area contributed by atoms with Crippen molar-refractivity contribution in [3.05, 3.63) is 24.3 Å². The largest absolute Gasteiger partial charge is 0.378 e. The summed E-state index contributed by atoms with van der Waals surface area (Å²) in [6, 6.07) is 7.80. The maximum Gasteiger partial charge on any atom is 0.261 e. The monoisotopic (exact) mass is 240 g/mol. The van der Waals surface area contributed by atoms with E-state index < -0.39 is 0 Å². The minimum atomic E-state index is 0. The number of rotatable bonds is 2. The number of hydrogen-bond donors (Lipinski definition) is 1. The molecule has 5 nitrogen and oxygen atoms in total. The van der Waals surface area contributed by atoms with Crippen LogP contribution < -0.4 is 10.6 Å². The van der Waals surface area contributed by atoms with Crippen LogP contribution >= 0.6 is 12.4 Å². The molecule has 0 saturated heterocycles. The Morgan fingerprint density at radius 3 is 2.25 bits per heavy atom. The molecule has 86 valence electrons. The molecule has 1 heterocycles. The second-order valence-electron chi connectivity index (χ2n) is 3.40. The third-order valence-electron chi connectivity index (χ3n) is 2.07. The molecular formula is C10H13ClN4O. The summed E-state index contributed by atoms with van der Waals surface area (Å²) in [6.07, 6.45) is 0.